The van der Waals surface area contributed by atoms with Gasteiger partial charge in [0.05, 0.1) is 55.7 Å². The molecule has 18 nitrogen and oxygen atoms in total. The van der Waals surface area contributed by atoms with Crippen molar-refractivity contribution in [3.05, 3.63) is 0 Å². The third kappa shape index (κ3) is 10.7. The lowest BCUT2D eigenvalue weighted by Gasteiger charge is -2.33. The topological polar surface area (TPSA) is 200 Å². The number of hydrogen-bond acceptors (Lipinski definition) is 14. The molecular formula is C36H62N4O14. The van der Waals surface area contributed by atoms with E-state index in [1.165, 1.54) is 40.9 Å². The Labute approximate surface area is 318 Å². The highest BCUT2D eigenvalue weighted by molar-refractivity contribution is 5.85. The molecule has 1 N–H and O–H groups in total. The summed E-state index contributed by atoms with van der Waals surface area (Å²) in [4.78, 5) is 83.1. The number of fused-ring (bicyclic) bond motifs is 1. The molecule has 0 radical (unpaired) electrons. The fourth-order valence-corrected chi connectivity index (χ4v) is 7.02. The molecule has 54 heavy (non-hydrogen) atoms. The monoisotopic (exact) mass is 774 g/mol. The fraction of sp³-hybridized carbons (Fsp3) is 0.833. The summed E-state index contributed by atoms with van der Waals surface area (Å²) < 4.78 is 37.6. The van der Waals surface area contributed by atoms with Crippen molar-refractivity contribution >= 4 is 35.9 Å². The molecule has 4 unspecified atom stereocenters. The maximum Gasteiger partial charge on any atom is 0.327 e. The van der Waals surface area contributed by atoms with Gasteiger partial charge in [-0.25, -0.2) is 9.59 Å². The predicted octanol–water partition coefficient (Wildman–Crippen LogP) is 2.76. The van der Waals surface area contributed by atoms with E-state index in [1.807, 2.05) is 13.8 Å². The first kappa shape index (κ1) is 46.4. The summed E-state index contributed by atoms with van der Waals surface area (Å²) in [6.45, 7) is 12.3. The van der Waals surface area contributed by atoms with Gasteiger partial charge >= 0.3 is 35.9 Å². The van der Waals surface area contributed by atoms with Gasteiger partial charge in [-0.2, -0.15) is 0 Å². The number of nitrogens with zero attached hydrogens (tertiary/aromatic N) is 4. The minimum absolute atomic E-state index is 0.0753. The van der Waals surface area contributed by atoms with Crippen LogP contribution in [0, 0.1) is 21.7 Å². The summed E-state index contributed by atoms with van der Waals surface area (Å²) in [5.74, 6) is -1.88. The normalized spacial score (nSPS) is 19.7. The minimum atomic E-state index is -0.961. The molecule has 2 rings (SSSR count). The van der Waals surface area contributed by atoms with Crippen molar-refractivity contribution in [3.63, 3.8) is 0 Å². The van der Waals surface area contributed by atoms with Gasteiger partial charge in [0.2, 0.25) is 0 Å². The lowest BCUT2D eigenvalue weighted by molar-refractivity contribution is -0.164. The SMILES string of the molecule is CCC(C)(CC(C)(C)C(=O)OC)C(=O)OCCOCN1C(=O)N(COC)C2C1N(CCO)C(=O)N2COCCOC(=O)C(C)(CC)CC(C)(C)C(=O)OC. The lowest BCUT2D eigenvalue weighted by atomic mass is 9.72. The van der Waals surface area contributed by atoms with Crippen molar-refractivity contribution < 1.29 is 67.0 Å². The molecule has 310 valence electrons. The summed E-state index contributed by atoms with van der Waals surface area (Å²) in [7, 11) is 4.00. The first-order valence-corrected chi connectivity index (χ1v) is 18.2. The lowest BCUT2D eigenvalue weighted by Crippen LogP contribution is -2.48. The van der Waals surface area contributed by atoms with E-state index in [0.29, 0.717) is 12.8 Å². The number of aliphatic hydroxyl groups excluding tert-OH is 1. The summed E-state index contributed by atoms with van der Waals surface area (Å²) in [5, 5.41) is 9.81. The summed E-state index contributed by atoms with van der Waals surface area (Å²) in [6.07, 6.45) is -0.513. The van der Waals surface area contributed by atoms with E-state index in [-0.39, 0.29) is 72.6 Å². The van der Waals surface area contributed by atoms with Crippen LogP contribution >= 0.6 is 0 Å². The molecule has 0 aromatic heterocycles. The average Bonchev–Trinajstić information content (AvgIpc) is 3.54. The van der Waals surface area contributed by atoms with Crippen LogP contribution in [0.3, 0.4) is 0 Å². The fourth-order valence-electron chi connectivity index (χ4n) is 7.02. The molecule has 2 saturated heterocycles. The Morgan fingerprint density at radius 3 is 1.31 bits per heavy atom. The van der Waals surface area contributed by atoms with Crippen molar-refractivity contribution in [2.45, 2.75) is 93.4 Å². The summed E-state index contributed by atoms with van der Waals surface area (Å²) in [6, 6.07) is -1.02. The molecule has 0 aromatic carbocycles. The predicted molar refractivity (Wildman–Crippen MR) is 191 cm³/mol. The van der Waals surface area contributed by atoms with Crippen LogP contribution in [0.25, 0.3) is 0 Å². The number of rotatable bonds is 24. The molecule has 0 spiro atoms. The van der Waals surface area contributed by atoms with Gasteiger partial charge in [-0.1, -0.05) is 13.8 Å². The van der Waals surface area contributed by atoms with Crippen LogP contribution in [-0.4, -0.2) is 154 Å². The smallest absolute Gasteiger partial charge is 0.327 e. The van der Waals surface area contributed by atoms with E-state index in [1.54, 1.807) is 41.5 Å². The van der Waals surface area contributed by atoms with Crippen LogP contribution in [0.2, 0.25) is 0 Å². The Morgan fingerprint density at radius 2 is 0.963 bits per heavy atom. The number of amides is 4. The van der Waals surface area contributed by atoms with Gasteiger partial charge in [0, 0.05) is 13.7 Å². The second-order valence-corrected chi connectivity index (χ2v) is 15.4. The molecule has 0 aliphatic carbocycles. The number of β-amino-alcohol motifs (C(OH)–C–C–N with tert-alkyl or cyclic N) is 1. The molecular weight excluding hydrogens is 712 g/mol. The number of urea groups is 2. The number of esters is 4. The molecule has 18 heteroatoms. The zero-order valence-corrected chi connectivity index (χ0v) is 33.9. The highest BCUT2D eigenvalue weighted by atomic mass is 16.6. The van der Waals surface area contributed by atoms with Crippen molar-refractivity contribution in [2.75, 3.05) is 81.1 Å². The number of hydrogen-bond donors (Lipinski definition) is 1. The van der Waals surface area contributed by atoms with Crippen molar-refractivity contribution in [2.24, 2.45) is 21.7 Å². The zero-order chi connectivity index (χ0) is 41.1. The van der Waals surface area contributed by atoms with Crippen molar-refractivity contribution in [1.29, 1.82) is 0 Å². The van der Waals surface area contributed by atoms with Crippen LogP contribution in [0.4, 0.5) is 9.59 Å². The number of ether oxygens (including phenoxy) is 7. The van der Waals surface area contributed by atoms with E-state index < -0.39 is 69.9 Å². The third-order valence-electron chi connectivity index (χ3n) is 10.2. The number of carbonyl (C=O) groups excluding carboxylic acids is 6. The summed E-state index contributed by atoms with van der Waals surface area (Å²) in [5.41, 5.74) is -3.75. The third-order valence-corrected chi connectivity index (χ3v) is 10.2. The Balaban J connectivity index is 2.05. The maximum atomic E-state index is 13.6. The van der Waals surface area contributed by atoms with Crippen LogP contribution in [0.5, 0.6) is 0 Å². The molecule has 0 saturated carbocycles. The Morgan fingerprint density at radius 1 is 0.593 bits per heavy atom. The highest BCUT2D eigenvalue weighted by Crippen LogP contribution is 2.40. The summed E-state index contributed by atoms with van der Waals surface area (Å²) >= 11 is 0. The highest BCUT2D eigenvalue weighted by Gasteiger charge is 2.59. The van der Waals surface area contributed by atoms with E-state index in [2.05, 4.69) is 0 Å². The van der Waals surface area contributed by atoms with Crippen LogP contribution in [0.15, 0.2) is 0 Å². The Kier molecular flexibility index (Phi) is 17.0. The first-order chi connectivity index (χ1) is 25.2. The molecule has 2 heterocycles. The standard InChI is InChI=1S/C36H62N4O14/c1-12-35(7,20-33(3,4)27(42)49-10)29(44)53-18-16-51-23-39-25-26(38(22-48-9)32(39)47)40(31(46)37(25)14-15-41)24-52-17-19-54-30(45)36(8,13-2)21-34(5,6)28(43)50-11/h25-26,41H,12-24H2,1-11H3. The van der Waals surface area contributed by atoms with E-state index in [9.17, 15) is 33.9 Å². The van der Waals surface area contributed by atoms with E-state index in [4.69, 9.17) is 33.2 Å². The van der Waals surface area contributed by atoms with Crippen LogP contribution in [0.1, 0.15) is 81.1 Å². The van der Waals surface area contributed by atoms with Crippen molar-refractivity contribution in [1.82, 2.24) is 19.6 Å². The molecule has 4 amide bonds. The molecule has 4 atom stereocenters. The second kappa shape index (κ2) is 19.7. The van der Waals surface area contributed by atoms with Gasteiger partial charge in [0.25, 0.3) is 0 Å². The average molecular weight is 775 g/mol. The number of aliphatic hydroxyl groups is 1. The molecule has 0 aromatic rings. The van der Waals surface area contributed by atoms with Crippen LogP contribution in [-0.2, 0) is 52.3 Å². The number of methoxy groups -OCH3 is 3. The van der Waals surface area contributed by atoms with Gasteiger partial charge in [0.15, 0.2) is 12.3 Å². The largest absolute Gasteiger partial charge is 0.469 e. The Bertz CT molecular complexity index is 1230. The molecule has 0 bridgehead atoms. The van der Waals surface area contributed by atoms with Gasteiger partial charge in [-0.3, -0.25) is 38.8 Å². The molecule has 2 aliphatic rings. The van der Waals surface area contributed by atoms with Crippen LogP contribution < -0.4 is 0 Å². The first-order valence-electron chi connectivity index (χ1n) is 18.2. The number of carbonyl (C=O) groups is 6. The molecule has 2 aliphatic heterocycles. The van der Waals surface area contributed by atoms with E-state index >= 15 is 0 Å². The maximum absolute atomic E-state index is 13.6. The minimum Gasteiger partial charge on any atom is -0.469 e. The second-order valence-electron chi connectivity index (χ2n) is 15.4. The van der Waals surface area contributed by atoms with Gasteiger partial charge in [-0.05, 0) is 67.2 Å². The van der Waals surface area contributed by atoms with Crippen molar-refractivity contribution in [3.8, 4) is 0 Å². The quantitative estimate of drug-likeness (QED) is 0.0853. The van der Waals surface area contributed by atoms with Gasteiger partial charge in [-0.15, -0.1) is 0 Å². The Hall–Kier alpha value is -3.74. The molecule has 2 fully saturated rings. The zero-order valence-electron chi connectivity index (χ0n) is 33.9. The van der Waals surface area contributed by atoms with Gasteiger partial charge in [0.1, 0.15) is 33.4 Å². The van der Waals surface area contributed by atoms with Gasteiger partial charge < -0.3 is 38.3 Å². The van der Waals surface area contributed by atoms with E-state index in [0.717, 1.165) is 0 Å².